The molecule has 0 heterocycles. The van der Waals surface area contributed by atoms with Crippen LogP contribution in [-0.2, 0) is 4.79 Å². The Hall–Kier alpha value is -2.69. The average Bonchev–Trinajstić information content (AvgIpc) is 2.41. The topological polar surface area (TPSA) is 46.5 Å². The Morgan fingerprint density at radius 3 is 2.50 bits per heavy atom. The van der Waals surface area contributed by atoms with Gasteiger partial charge in [-0.1, -0.05) is 12.1 Å². The molecule has 0 unspecified atom stereocenters. The number of carboxylic acids is 1. The summed E-state index contributed by atoms with van der Waals surface area (Å²) in [5.74, 6) is -2.45. The number of rotatable bonds is 4. The van der Waals surface area contributed by atoms with E-state index in [9.17, 15) is 13.6 Å². The fraction of sp³-hybridized carbons (Fsp3) is 0. The molecule has 2 aromatic carbocycles. The molecule has 0 atom stereocenters. The Kier molecular flexibility index (Phi) is 4.10. The Balaban J connectivity index is 2.19. The second-order valence-electron chi connectivity index (χ2n) is 3.92. The minimum Gasteiger partial charge on any atom is -0.478 e. The Morgan fingerprint density at radius 1 is 1.05 bits per heavy atom. The van der Waals surface area contributed by atoms with Gasteiger partial charge in [0.15, 0.2) is 11.6 Å². The first-order chi connectivity index (χ1) is 9.54. The molecule has 0 bridgehead atoms. The molecule has 2 aromatic rings. The van der Waals surface area contributed by atoms with E-state index < -0.39 is 17.6 Å². The maximum atomic E-state index is 13.0. The van der Waals surface area contributed by atoms with Crippen molar-refractivity contribution in [3.05, 3.63) is 65.7 Å². The van der Waals surface area contributed by atoms with Crippen molar-refractivity contribution >= 4 is 12.0 Å². The number of hydrogen-bond acceptors (Lipinski definition) is 2. The first-order valence-electron chi connectivity index (χ1n) is 5.68. The highest BCUT2D eigenvalue weighted by Gasteiger charge is 2.04. The van der Waals surface area contributed by atoms with E-state index in [0.29, 0.717) is 11.3 Å². The van der Waals surface area contributed by atoms with E-state index in [2.05, 4.69) is 0 Å². The van der Waals surface area contributed by atoms with Gasteiger partial charge in [-0.3, -0.25) is 0 Å². The molecule has 0 aliphatic carbocycles. The lowest BCUT2D eigenvalue weighted by Gasteiger charge is -2.06. The van der Waals surface area contributed by atoms with Crippen molar-refractivity contribution in [3.63, 3.8) is 0 Å². The highest BCUT2D eigenvalue weighted by molar-refractivity contribution is 5.85. The highest BCUT2D eigenvalue weighted by Crippen LogP contribution is 2.24. The molecule has 0 radical (unpaired) electrons. The predicted molar refractivity (Wildman–Crippen MR) is 69.5 cm³/mol. The molecule has 0 spiro atoms. The molecular formula is C15H10F2O3. The highest BCUT2D eigenvalue weighted by atomic mass is 19.2. The predicted octanol–water partition coefficient (Wildman–Crippen LogP) is 3.85. The molecule has 0 amide bonds. The lowest BCUT2D eigenvalue weighted by atomic mass is 10.2. The Bertz CT molecular complexity index is 666. The Morgan fingerprint density at radius 2 is 1.80 bits per heavy atom. The molecule has 0 saturated carbocycles. The third-order valence-electron chi connectivity index (χ3n) is 2.40. The fourth-order valence-corrected chi connectivity index (χ4v) is 1.53. The number of carbonyl (C=O) groups is 1. The van der Waals surface area contributed by atoms with Crippen LogP contribution in [0, 0.1) is 11.6 Å². The van der Waals surface area contributed by atoms with Gasteiger partial charge < -0.3 is 9.84 Å². The summed E-state index contributed by atoms with van der Waals surface area (Å²) in [6.45, 7) is 0. The molecule has 5 heteroatoms. The maximum absolute atomic E-state index is 13.0. The van der Waals surface area contributed by atoms with Gasteiger partial charge >= 0.3 is 5.97 Å². The summed E-state index contributed by atoms with van der Waals surface area (Å²) in [5, 5.41) is 8.54. The number of benzene rings is 2. The van der Waals surface area contributed by atoms with Crippen molar-refractivity contribution < 1.29 is 23.4 Å². The van der Waals surface area contributed by atoms with Crippen LogP contribution in [-0.4, -0.2) is 11.1 Å². The van der Waals surface area contributed by atoms with Crippen LogP contribution in [0.15, 0.2) is 48.5 Å². The van der Waals surface area contributed by atoms with Gasteiger partial charge in [-0.25, -0.2) is 13.6 Å². The van der Waals surface area contributed by atoms with Crippen LogP contribution in [0.5, 0.6) is 11.5 Å². The molecule has 2 rings (SSSR count). The van der Waals surface area contributed by atoms with E-state index in [0.717, 1.165) is 18.2 Å². The van der Waals surface area contributed by atoms with Crippen LogP contribution in [0.25, 0.3) is 6.08 Å². The van der Waals surface area contributed by atoms with Gasteiger partial charge in [0.25, 0.3) is 0 Å². The second-order valence-corrected chi connectivity index (χ2v) is 3.92. The van der Waals surface area contributed by atoms with E-state index in [4.69, 9.17) is 9.84 Å². The summed E-state index contributed by atoms with van der Waals surface area (Å²) in [5.41, 5.74) is 0.618. The molecule has 0 aromatic heterocycles. The smallest absolute Gasteiger partial charge is 0.328 e. The van der Waals surface area contributed by atoms with Crippen molar-refractivity contribution in [3.8, 4) is 11.5 Å². The zero-order valence-electron chi connectivity index (χ0n) is 10.2. The number of hydrogen-bond donors (Lipinski definition) is 1. The molecule has 0 aliphatic rings. The zero-order valence-corrected chi connectivity index (χ0v) is 10.2. The van der Waals surface area contributed by atoms with Crippen molar-refractivity contribution in [1.29, 1.82) is 0 Å². The number of aliphatic carboxylic acids is 1. The molecule has 0 aliphatic heterocycles. The van der Waals surface area contributed by atoms with Gasteiger partial charge in [0.05, 0.1) is 0 Å². The standard InChI is InChI=1S/C15H10F2O3/c16-13-6-5-12(9-14(13)17)20-11-3-1-2-10(8-11)4-7-15(18)19/h1-9H,(H,18,19)/b7-4+. The second kappa shape index (κ2) is 5.97. The molecule has 20 heavy (non-hydrogen) atoms. The van der Waals surface area contributed by atoms with Crippen LogP contribution in [0.3, 0.4) is 0 Å². The normalized spacial score (nSPS) is 10.7. The lowest BCUT2D eigenvalue weighted by molar-refractivity contribution is -0.131. The quantitative estimate of drug-likeness (QED) is 0.863. The first kappa shape index (κ1) is 13.7. The van der Waals surface area contributed by atoms with Gasteiger partial charge in [0.2, 0.25) is 0 Å². The molecule has 102 valence electrons. The third kappa shape index (κ3) is 3.65. The summed E-state index contributed by atoms with van der Waals surface area (Å²) in [7, 11) is 0. The zero-order chi connectivity index (χ0) is 14.5. The van der Waals surface area contributed by atoms with E-state index >= 15 is 0 Å². The minimum atomic E-state index is -1.06. The molecule has 3 nitrogen and oxygen atoms in total. The summed E-state index contributed by atoms with van der Waals surface area (Å²) < 4.78 is 31.2. The van der Waals surface area contributed by atoms with Crippen LogP contribution in [0.4, 0.5) is 8.78 Å². The van der Waals surface area contributed by atoms with Crippen LogP contribution >= 0.6 is 0 Å². The number of halogens is 2. The summed E-state index contributed by atoms with van der Waals surface area (Å²) in [4.78, 5) is 10.4. The average molecular weight is 276 g/mol. The summed E-state index contributed by atoms with van der Waals surface area (Å²) >= 11 is 0. The minimum absolute atomic E-state index is 0.156. The van der Waals surface area contributed by atoms with Gasteiger partial charge in [-0.2, -0.15) is 0 Å². The van der Waals surface area contributed by atoms with Gasteiger partial charge in [0, 0.05) is 12.1 Å². The van der Waals surface area contributed by atoms with Gasteiger partial charge in [-0.05, 0) is 35.9 Å². The van der Waals surface area contributed by atoms with Crippen molar-refractivity contribution in [1.82, 2.24) is 0 Å². The Labute approximate surface area is 113 Å². The summed E-state index contributed by atoms with van der Waals surface area (Å²) in [6.07, 6.45) is 2.40. The molecule has 1 N–H and O–H groups in total. The molecule has 0 fully saturated rings. The van der Waals surface area contributed by atoms with Gasteiger partial charge in [0.1, 0.15) is 11.5 Å². The van der Waals surface area contributed by atoms with E-state index in [1.807, 2.05) is 0 Å². The fourth-order valence-electron chi connectivity index (χ4n) is 1.53. The van der Waals surface area contributed by atoms with E-state index in [1.54, 1.807) is 24.3 Å². The van der Waals surface area contributed by atoms with Crippen LogP contribution in [0.1, 0.15) is 5.56 Å². The van der Waals surface area contributed by atoms with Crippen molar-refractivity contribution in [2.45, 2.75) is 0 Å². The van der Waals surface area contributed by atoms with Crippen molar-refractivity contribution in [2.75, 3.05) is 0 Å². The lowest BCUT2D eigenvalue weighted by Crippen LogP contribution is -1.89. The number of ether oxygens (including phenoxy) is 1. The number of carboxylic acid groups (broad SMARTS) is 1. The van der Waals surface area contributed by atoms with Crippen LogP contribution < -0.4 is 4.74 Å². The molecular weight excluding hydrogens is 266 g/mol. The van der Waals surface area contributed by atoms with Gasteiger partial charge in [-0.15, -0.1) is 0 Å². The third-order valence-corrected chi connectivity index (χ3v) is 2.40. The van der Waals surface area contributed by atoms with Crippen molar-refractivity contribution in [2.24, 2.45) is 0 Å². The van der Waals surface area contributed by atoms with Crippen LogP contribution in [0.2, 0.25) is 0 Å². The maximum Gasteiger partial charge on any atom is 0.328 e. The molecule has 0 saturated heterocycles. The largest absolute Gasteiger partial charge is 0.478 e. The van der Waals surface area contributed by atoms with E-state index in [-0.39, 0.29) is 5.75 Å². The summed E-state index contributed by atoms with van der Waals surface area (Å²) in [6, 6.07) is 9.78. The SMILES string of the molecule is O=C(O)/C=C/c1cccc(Oc2ccc(F)c(F)c2)c1. The monoisotopic (exact) mass is 276 g/mol. The van der Waals surface area contributed by atoms with E-state index in [1.165, 1.54) is 12.1 Å². The first-order valence-corrected chi connectivity index (χ1v) is 5.68.